The van der Waals surface area contributed by atoms with Crippen molar-refractivity contribution >= 4 is 0 Å². The minimum absolute atomic E-state index is 0.223. The molecule has 0 bridgehead atoms. The summed E-state index contributed by atoms with van der Waals surface area (Å²) in [5.74, 6) is 0. The zero-order valence-electron chi connectivity index (χ0n) is 9.04. The first kappa shape index (κ1) is 14.8. The summed E-state index contributed by atoms with van der Waals surface area (Å²) in [5.41, 5.74) is 0. The summed E-state index contributed by atoms with van der Waals surface area (Å²) in [5, 5.41) is 10.3. The fourth-order valence-corrected chi connectivity index (χ4v) is 1.64. The Morgan fingerprint density at radius 2 is 1.00 bits per heavy atom. The highest BCUT2D eigenvalue weighted by Crippen LogP contribution is 2.28. The maximum absolute atomic E-state index is 11.8. The van der Waals surface area contributed by atoms with Gasteiger partial charge in [0, 0.05) is 0 Å². The molecular weight excluding hydrogens is 266 g/mol. The molecule has 0 aromatic rings. The van der Waals surface area contributed by atoms with E-state index in [4.69, 9.17) is 0 Å². The van der Waals surface area contributed by atoms with E-state index in [0.717, 1.165) is 0 Å². The molecule has 0 spiro atoms. The molecule has 1 aliphatic carbocycles. The van der Waals surface area contributed by atoms with E-state index < -0.39 is 24.7 Å². The first-order valence-electron chi connectivity index (χ1n) is 5.15. The van der Waals surface area contributed by atoms with Gasteiger partial charge in [0.1, 0.15) is 0 Å². The molecule has 0 aromatic heterocycles. The molecule has 18 heavy (non-hydrogen) atoms. The van der Waals surface area contributed by atoms with Crippen LogP contribution in [0, 0.1) is 0 Å². The maximum atomic E-state index is 11.8. The molecule has 0 heterocycles. The molecule has 4 nitrogen and oxygen atoms in total. The van der Waals surface area contributed by atoms with Crippen LogP contribution in [0.5, 0.6) is 0 Å². The minimum atomic E-state index is -4.82. The molecular formula is C8H10F6N4. The van der Waals surface area contributed by atoms with Crippen molar-refractivity contribution < 1.29 is 26.3 Å². The van der Waals surface area contributed by atoms with Crippen molar-refractivity contribution in [3.05, 3.63) is 0 Å². The van der Waals surface area contributed by atoms with E-state index in [2.05, 4.69) is 20.5 Å². The van der Waals surface area contributed by atoms with Crippen molar-refractivity contribution in [2.24, 2.45) is 20.5 Å². The van der Waals surface area contributed by atoms with Gasteiger partial charge in [0.25, 0.3) is 0 Å². The van der Waals surface area contributed by atoms with Gasteiger partial charge in [0.05, 0.1) is 12.1 Å². The number of halogens is 6. The third kappa shape index (κ3) is 5.92. The molecule has 0 radical (unpaired) electrons. The maximum Gasteiger partial charge on any atom is 0.520 e. The molecule has 1 saturated carbocycles. The topological polar surface area (TPSA) is 49.4 Å². The van der Waals surface area contributed by atoms with E-state index >= 15 is 0 Å². The first-order valence-corrected chi connectivity index (χ1v) is 5.15. The third-order valence-electron chi connectivity index (χ3n) is 2.33. The summed E-state index contributed by atoms with van der Waals surface area (Å²) < 4.78 is 70.9. The van der Waals surface area contributed by atoms with Crippen molar-refractivity contribution in [2.45, 2.75) is 50.4 Å². The summed E-state index contributed by atoms with van der Waals surface area (Å²) in [7, 11) is 0. The molecule has 1 fully saturated rings. The molecule has 104 valence electrons. The lowest BCUT2D eigenvalue weighted by Gasteiger charge is -2.23. The molecule has 0 unspecified atom stereocenters. The van der Waals surface area contributed by atoms with Crippen LogP contribution in [-0.2, 0) is 0 Å². The van der Waals surface area contributed by atoms with Crippen LogP contribution in [-0.4, -0.2) is 24.7 Å². The van der Waals surface area contributed by atoms with Gasteiger partial charge in [-0.15, -0.1) is 26.3 Å². The number of nitrogens with zero attached hydrogens (tertiary/aromatic N) is 4. The normalized spacial score (nSPS) is 27.2. The highest BCUT2D eigenvalue weighted by Gasteiger charge is 2.32. The summed E-state index contributed by atoms with van der Waals surface area (Å²) in [4.78, 5) is 0. The van der Waals surface area contributed by atoms with Gasteiger partial charge in [-0.25, -0.2) is 0 Å². The summed E-state index contributed by atoms with van der Waals surface area (Å²) in [6, 6.07) is -1.99. The van der Waals surface area contributed by atoms with Gasteiger partial charge in [0.15, 0.2) is 0 Å². The van der Waals surface area contributed by atoms with Crippen LogP contribution in [0.15, 0.2) is 20.5 Å². The molecule has 10 heteroatoms. The van der Waals surface area contributed by atoms with Gasteiger partial charge in [0.2, 0.25) is 0 Å². The highest BCUT2D eigenvalue weighted by atomic mass is 19.4. The Morgan fingerprint density at radius 1 is 0.667 bits per heavy atom. The average molecular weight is 276 g/mol. The van der Waals surface area contributed by atoms with Crippen LogP contribution in [0.1, 0.15) is 25.7 Å². The summed E-state index contributed by atoms with van der Waals surface area (Å²) in [6.45, 7) is 0. The summed E-state index contributed by atoms with van der Waals surface area (Å²) >= 11 is 0. The van der Waals surface area contributed by atoms with Crippen molar-refractivity contribution in [2.75, 3.05) is 0 Å². The minimum Gasteiger partial charge on any atom is -0.180 e. The number of rotatable bonds is 2. The molecule has 0 aromatic carbocycles. The second-order valence-electron chi connectivity index (χ2n) is 3.79. The molecule has 1 aliphatic rings. The van der Waals surface area contributed by atoms with E-state index in [1.165, 1.54) is 0 Å². The Bertz CT molecular complexity index is 289. The van der Waals surface area contributed by atoms with Gasteiger partial charge >= 0.3 is 12.6 Å². The van der Waals surface area contributed by atoms with Crippen LogP contribution >= 0.6 is 0 Å². The fourth-order valence-electron chi connectivity index (χ4n) is 1.64. The molecule has 2 atom stereocenters. The van der Waals surface area contributed by atoms with Crippen LogP contribution in [0.3, 0.4) is 0 Å². The Balaban J connectivity index is 2.69. The van der Waals surface area contributed by atoms with Gasteiger partial charge in [-0.1, -0.05) is 23.1 Å². The lowest BCUT2D eigenvalue weighted by atomic mass is 9.92. The number of azo groups is 2. The first-order chi connectivity index (χ1) is 8.17. The molecule has 0 amide bonds. The molecule has 0 N–H and O–H groups in total. The van der Waals surface area contributed by atoms with Gasteiger partial charge in [-0.3, -0.25) is 0 Å². The van der Waals surface area contributed by atoms with Crippen molar-refractivity contribution in [3.63, 3.8) is 0 Å². The van der Waals surface area contributed by atoms with E-state index in [9.17, 15) is 26.3 Å². The van der Waals surface area contributed by atoms with Gasteiger partial charge < -0.3 is 0 Å². The predicted molar refractivity (Wildman–Crippen MR) is 47.9 cm³/mol. The SMILES string of the molecule is FC(F)(F)N=N[C@@H]1CCCC[C@H]1N=NC(F)(F)F. The van der Waals surface area contributed by atoms with E-state index in [1.54, 1.807) is 0 Å². The van der Waals surface area contributed by atoms with Crippen molar-refractivity contribution in [3.8, 4) is 0 Å². The lowest BCUT2D eigenvalue weighted by Crippen LogP contribution is -2.27. The number of hydrogen-bond donors (Lipinski definition) is 0. The quantitative estimate of drug-likeness (QED) is 0.411. The number of hydrogen-bond acceptors (Lipinski definition) is 4. The highest BCUT2D eigenvalue weighted by molar-refractivity contribution is 4.84. The zero-order chi connectivity index (χ0) is 13.8. The Morgan fingerprint density at radius 3 is 1.28 bits per heavy atom. The number of alkyl halides is 6. The second kappa shape index (κ2) is 5.61. The molecule has 0 saturated heterocycles. The monoisotopic (exact) mass is 276 g/mol. The van der Waals surface area contributed by atoms with Crippen LogP contribution < -0.4 is 0 Å². The third-order valence-corrected chi connectivity index (χ3v) is 2.33. The summed E-state index contributed by atoms with van der Waals surface area (Å²) in [6.07, 6.45) is -8.02. The van der Waals surface area contributed by atoms with E-state index in [0.29, 0.717) is 12.8 Å². The second-order valence-corrected chi connectivity index (χ2v) is 3.79. The largest absolute Gasteiger partial charge is 0.520 e. The van der Waals surface area contributed by atoms with E-state index in [1.807, 2.05) is 0 Å². The molecule has 0 aliphatic heterocycles. The van der Waals surface area contributed by atoms with Gasteiger partial charge in [-0.2, -0.15) is 10.2 Å². The predicted octanol–water partition coefficient (Wildman–Crippen LogP) is 4.24. The Hall–Kier alpha value is -1.22. The molecule has 1 rings (SSSR count). The lowest BCUT2D eigenvalue weighted by molar-refractivity contribution is -0.129. The van der Waals surface area contributed by atoms with Crippen LogP contribution in [0.2, 0.25) is 0 Å². The smallest absolute Gasteiger partial charge is 0.180 e. The van der Waals surface area contributed by atoms with E-state index in [-0.39, 0.29) is 12.8 Å². The zero-order valence-corrected chi connectivity index (χ0v) is 9.04. The fraction of sp³-hybridized carbons (Fsp3) is 1.00. The van der Waals surface area contributed by atoms with Gasteiger partial charge in [-0.05, 0) is 12.8 Å². The van der Waals surface area contributed by atoms with Crippen LogP contribution in [0.4, 0.5) is 26.3 Å². The van der Waals surface area contributed by atoms with Crippen LogP contribution in [0.25, 0.3) is 0 Å². The Kier molecular flexibility index (Phi) is 4.63. The average Bonchev–Trinajstić information content (AvgIpc) is 2.22. The van der Waals surface area contributed by atoms with Crippen molar-refractivity contribution in [1.29, 1.82) is 0 Å². The van der Waals surface area contributed by atoms with Crippen molar-refractivity contribution in [1.82, 2.24) is 0 Å². The standard InChI is InChI=1S/C8H10F6N4/c9-7(10,11)17-15-5-3-1-2-4-6(5)16-18-8(12,13)14/h5-6H,1-4H2/t5-,6-/m1/s1. The Labute approximate surface area is 98.2 Å².